The number of rotatable bonds is 2. The minimum Gasteiger partial charge on any atom is -0.350 e. The zero-order chi connectivity index (χ0) is 14.1. The topological polar surface area (TPSA) is 53.6 Å². The predicted octanol–water partition coefficient (Wildman–Crippen LogP) is 3.84. The highest BCUT2D eigenvalue weighted by molar-refractivity contribution is 6.33. The van der Waals surface area contributed by atoms with Crippen LogP contribution in [0.3, 0.4) is 0 Å². The van der Waals surface area contributed by atoms with Gasteiger partial charge in [-0.2, -0.15) is 5.26 Å². The lowest BCUT2D eigenvalue weighted by Gasteiger charge is -2.08. The largest absolute Gasteiger partial charge is 0.350 e. The highest BCUT2D eigenvalue weighted by Gasteiger charge is 2.05. The number of anilines is 2. The fraction of sp³-hybridized carbons (Fsp3) is 0.0667. The quantitative estimate of drug-likeness (QED) is 0.777. The lowest BCUT2D eigenvalue weighted by Crippen LogP contribution is -1.95. The summed E-state index contributed by atoms with van der Waals surface area (Å²) in [7, 11) is 2.00. The van der Waals surface area contributed by atoms with Crippen LogP contribution in [-0.4, -0.2) is 9.55 Å². The van der Waals surface area contributed by atoms with Crippen molar-refractivity contribution in [3.05, 3.63) is 53.3 Å². The first-order valence-electron chi connectivity index (χ1n) is 6.05. The van der Waals surface area contributed by atoms with Gasteiger partial charge in [0.2, 0.25) is 0 Å². The van der Waals surface area contributed by atoms with Gasteiger partial charge in [-0.25, -0.2) is 4.98 Å². The molecule has 0 bridgehead atoms. The molecule has 98 valence electrons. The molecule has 0 fully saturated rings. The summed E-state index contributed by atoms with van der Waals surface area (Å²) in [5.41, 5.74) is 2.47. The van der Waals surface area contributed by atoms with Crippen molar-refractivity contribution in [2.24, 2.45) is 7.05 Å². The monoisotopic (exact) mass is 282 g/mol. The van der Waals surface area contributed by atoms with Crippen molar-refractivity contribution in [3.8, 4) is 6.07 Å². The van der Waals surface area contributed by atoms with Crippen molar-refractivity contribution in [1.82, 2.24) is 9.55 Å². The maximum absolute atomic E-state index is 8.80. The lowest BCUT2D eigenvalue weighted by atomic mass is 10.2. The number of pyridine rings is 1. The van der Waals surface area contributed by atoms with E-state index in [1.807, 2.05) is 42.1 Å². The third-order valence-corrected chi connectivity index (χ3v) is 3.41. The van der Waals surface area contributed by atoms with Crippen molar-refractivity contribution in [2.45, 2.75) is 0 Å². The molecule has 0 radical (unpaired) electrons. The molecule has 0 amide bonds. The number of halogens is 1. The number of nitrogens with one attached hydrogen (secondary N) is 1. The SMILES string of the molecule is Cn1ccc2ccc(Nc3ncc(C#N)cc3Cl)cc21. The standard InChI is InChI=1S/C15H11ClN4/c1-20-5-4-11-2-3-12(7-14(11)20)19-15-13(16)6-10(8-17)9-18-15/h2-7,9H,1H3,(H,18,19). The maximum atomic E-state index is 8.80. The van der Waals surface area contributed by atoms with Crippen molar-refractivity contribution in [2.75, 3.05) is 5.32 Å². The van der Waals surface area contributed by atoms with E-state index in [1.165, 1.54) is 11.6 Å². The van der Waals surface area contributed by atoms with Crippen LogP contribution >= 0.6 is 11.6 Å². The van der Waals surface area contributed by atoms with E-state index in [0.717, 1.165) is 11.2 Å². The molecule has 1 aromatic carbocycles. The van der Waals surface area contributed by atoms with Crippen LogP contribution in [0.4, 0.5) is 11.5 Å². The van der Waals surface area contributed by atoms with E-state index in [1.54, 1.807) is 6.07 Å². The molecule has 0 saturated heterocycles. The van der Waals surface area contributed by atoms with Gasteiger partial charge in [0.05, 0.1) is 10.6 Å². The Balaban J connectivity index is 1.96. The third-order valence-electron chi connectivity index (χ3n) is 3.12. The molecule has 0 atom stereocenters. The van der Waals surface area contributed by atoms with Gasteiger partial charge in [0.1, 0.15) is 11.9 Å². The van der Waals surface area contributed by atoms with E-state index in [-0.39, 0.29) is 0 Å². The minimum atomic E-state index is 0.427. The Hall–Kier alpha value is -2.51. The van der Waals surface area contributed by atoms with Gasteiger partial charge in [0.25, 0.3) is 0 Å². The van der Waals surface area contributed by atoms with Gasteiger partial charge in [-0.05, 0) is 29.7 Å². The van der Waals surface area contributed by atoms with Crippen LogP contribution in [0, 0.1) is 11.3 Å². The Kier molecular flexibility index (Phi) is 3.05. The van der Waals surface area contributed by atoms with Crippen LogP contribution < -0.4 is 5.32 Å². The second kappa shape index (κ2) is 4.87. The van der Waals surface area contributed by atoms with Gasteiger partial charge in [-0.3, -0.25) is 0 Å². The molecule has 0 saturated carbocycles. The highest BCUT2D eigenvalue weighted by atomic mass is 35.5. The molecular formula is C15H11ClN4. The van der Waals surface area contributed by atoms with Gasteiger partial charge in [0, 0.05) is 30.6 Å². The molecule has 2 heterocycles. The number of aryl methyl sites for hydroxylation is 1. The van der Waals surface area contributed by atoms with E-state index >= 15 is 0 Å². The summed E-state index contributed by atoms with van der Waals surface area (Å²) in [5.74, 6) is 0.541. The molecule has 4 nitrogen and oxygen atoms in total. The second-order valence-electron chi connectivity index (χ2n) is 4.49. The Bertz CT molecular complexity index is 829. The first-order valence-corrected chi connectivity index (χ1v) is 6.43. The fourth-order valence-electron chi connectivity index (χ4n) is 2.07. The number of aromatic nitrogens is 2. The molecule has 0 unspecified atom stereocenters. The zero-order valence-electron chi connectivity index (χ0n) is 10.8. The number of hydrogen-bond donors (Lipinski definition) is 1. The normalized spacial score (nSPS) is 10.4. The second-order valence-corrected chi connectivity index (χ2v) is 4.90. The third kappa shape index (κ3) is 2.20. The molecular weight excluding hydrogens is 272 g/mol. The lowest BCUT2D eigenvalue weighted by molar-refractivity contribution is 0.969. The Morgan fingerprint density at radius 2 is 2.15 bits per heavy atom. The number of fused-ring (bicyclic) bond motifs is 1. The Labute approximate surface area is 121 Å². The number of hydrogen-bond acceptors (Lipinski definition) is 3. The molecule has 0 aliphatic carbocycles. The van der Waals surface area contributed by atoms with Crippen LogP contribution in [0.5, 0.6) is 0 Å². The van der Waals surface area contributed by atoms with Gasteiger partial charge in [0.15, 0.2) is 0 Å². The molecule has 0 aliphatic heterocycles. The Morgan fingerprint density at radius 3 is 2.90 bits per heavy atom. The van der Waals surface area contributed by atoms with Crippen molar-refractivity contribution in [1.29, 1.82) is 5.26 Å². The van der Waals surface area contributed by atoms with Crippen molar-refractivity contribution in [3.63, 3.8) is 0 Å². The van der Waals surface area contributed by atoms with Gasteiger partial charge in [-0.1, -0.05) is 17.7 Å². The van der Waals surface area contributed by atoms with Gasteiger partial charge in [-0.15, -0.1) is 0 Å². The van der Waals surface area contributed by atoms with E-state index in [2.05, 4.69) is 16.4 Å². The molecule has 5 heteroatoms. The van der Waals surface area contributed by atoms with E-state index in [4.69, 9.17) is 16.9 Å². The van der Waals surface area contributed by atoms with Gasteiger partial charge >= 0.3 is 0 Å². The summed E-state index contributed by atoms with van der Waals surface area (Å²) in [6.45, 7) is 0. The summed E-state index contributed by atoms with van der Waals surface area (Å²) in [4.78, 5) is 4.16. The molecule has 2 aromatic heterocycles. The molecule has 0 spiro atoms. The van der Waals surface area contributed by atoms with Crippen molar-refractivity contribution < 1.29 is 0 Å². The molecule has 3 rings (SSSR count). The number of nitrogens with zero attached hydrogens (tertiary/aromatic N) is 3. The summed E-state index contributed by atoms with van der Waals surface area (Å²) >= 11 is 6.11. The summed E-state index contributed by atoms with van der Waals surface area (Å²) in [5, 5.41) is 13.6. The minimum absolute atomic E-state index is 0.427. The zero-order valence-corrected chi connectivity index (χ0v) is 11.5. The molecule has 3 aromatic rings. The smallest absolute Gasteiger partial charge is 0.149 e. The summed E-state index contributed by atoms with van der Waals surface area (Å²) < 4.78 is 2.05. The Morgan fingerprint density at radius 1 is 1.30 bits per heavy atom. The average Bonchev–Trinajstić information content (AvgIpc) is 2.82. The van der Waals surface area contributed by atoms with Crippen LogP contribution in [0.1, 0.15) is 5.56 Å². The first kappa shape index (κ1) is 12.5. The molecule has 0 aliphatic rings. The summed E-state index contributed by atoms with van der Waals surface area (Å²) in [6, 6.07) is 11.7. The first-order chi connectivity index (χ1) is 9.67. The van der Waals surface area contributed by atoms with Crippen LogP contribution in [0.25, 0.3) is 10.9 Å². The van der Waals surface area contributed by atoms with Crippen molar-refractivity contribution >= 4 is 34.0 Å². The van der Waals surface area contributed by atoms with Crippen LogP contribution in [0.15, 0.2) is 42.7 Å². The van der Waals surface area contributed by atoms with Crippen LogP contribution in [0.2, 0.25) is 5.02 Å². The van der Waals surface area contributed by atoms with E-state index < -0.39 is 0 Å². The fourth-order valence-corrected chi connectivity index (χ4v) is 2.28. The highest BCUT2D eigenvalue weighted by Crippen LogP contribution is 2.26. The predicted molar refractivity (Wildman–Crippen MR) is 80.2 cm³/mol. The average molecular weight is 283 g/mol. The number of benzene rings is 1. The van der Waals surface area contributed by atoms with E-state index in [9.17, 15) is 0 Å². The number of nitriles is 1. The van der Waals surface area contributed by atoms with E-state index in [0.29, 0.717) is 16.4 Å². The summed E-state index contributed by atoms with van der Waals surface area (Å²) in [6.07, 6.45) is 3.51. The van der Waals surface area contributed by atoms with Gasteiger partial charge < -0.3 is 9.88 Å². The molecule has 20 heavy (non-hydrogen) atoms. The maximum Gasteiger partial charge on any atom is 0.149 e. The van der Waals surface area contributed by atoms with Crippen LogP contribution in [-0.2, 0) is 7.05 Å². The molecule has 1 N–H and O–H groups in total.